The number of hydrogen-bond acceptors (Lipinski definition) is 3. The third-order valence-corrected chi connectivity index (χ3v) is 3.41. The van der Waals surface area contributed by atoms with E-state index in [4.69, 9.17) is 0 Å². The van der Waals surface area contributed by atoms with Crippen molar-refractivity contribution in [3.63, 3.8) is 0 Å². The van der Waals surface area contributed by atoms with Gasteiger partial charge in [-0.15, -0.1) is 0 Å². The molecule has 1 aromatic carbocycles. The summed E-state index contributed by atoms with van der Waals surface area (Å²) in [5.74, 6) is -5.88. The normalized spacial score (nSPS) is 11.6. The molecule has 0 atom stereocenters. The number of alkyl halides is 3. The summed E-state index contributed by atoms with van der Waals surface area (Å²) in [4.78, 5) is 27.0. The van der Waals surface area contributed by atoms with Crippen LogP contribution in [-0.4, -0.2) is 27.3 Å². The van der Waals surface area contributed by atoms with E-state index >= 15 is 0 Å². The van der Waals surface area contributed by atoms with Crippen LogP contribution in [0.3, 0.4) is 0 Å². The third-order valence-electron chi connectivity index (χ3n) is 3.41. The van der Waals surface area contributed by atoms with E-state index in [9.17, 15) is 31.5 Å². The molecule has 3 aromatic rings. The van der Waals surface area contributed by atoms with Crippen molar-refractivity contribution < 1.29 is 31.5 Å². The summed E-state index contributed by atoms with van der Waals surface area (Å²) in [5, 5.41) is 1.58. The van der Waals surface area contributed by atoms with Crippen molar-refractivity contribution in [3.8, 4) is 0 Å². The number of rotatable bonds is 3. The number of pyridine rings is 1. The molecular weight excluding hydrogens is 361 g/mol. The fraction of sp³-hybridized carbons (Fsp3) is 0.0625. The zero-order chi connectivity index (χ0) is 19.1. The molecule has 0 bridgehead atoms. The van der Waals surface area contributed by atoms with E-state index < -0.39 is 35.1 Å². The Morgan fingerprint density at radius 1 is 1.04 bits per heavy atom. The number of anilines is 1. The summed E-state index contributed by atoms with van der Waals surface area (Å²) in [6, 6.07) is 5.68. The van der Waals surface area contributed by atoms with Gasteiger partial charge in [0, 0.05) is 11.8 Å². The quantitative estimate of drug-likeness (QED) is 0.569. The molecular formula is C16H8F5N3O2. The molecule has 0 aliphatic heterocycles. The van der Waals surface area contributed by atoms with Gasteiger partial charge in [0.2, 0.25) is 0 Å². The number of fused-ring (bicyclic) bond motifs is 1. The molecule has 0 unspecified atom stereocenters. The highest BCUT2D eigenvalue weighted by molar-refractivity contribution is 6.09. The minimum Gasteiger partial charge on any atom is -0.304 e. The highest BCUT2D eigenvalue weighted by Gasteiger charge is 2.39. The lowest BCUT2D eigenvalue weighted by Gasteiger charge is -2.04. The lowest BCUT2D eigenvalue weighted by Crippen LogP contribution is -2.30. The van der Waals surface area contributed by atoms with Crippen LogP contribution in [0.15, 0.2) is 42.7 Å². The Kier molecular flexibility index (Phi) is 4.18. The Balaban J connectivity index is 1.93. The van der Waals surface area contributed by atoms with E-state index in [-0.39, 0.29) is 17.0 Å². The first kappa shape index (κ1) is 17.5. The summed E-state index contributed by atoms with van der Waals surface area (Å²) in [6.07, 6.45) is -2.85. The van der Waals surface area contributed by atoms with Crippen molar-refractivity contribution in [3.05, 3.63) is 65.5 Å². The van der Waals surface area contributed by atoms with Crippen molar-refractivity contribution in [2.45, 2.75) is 6.18 Å². The molecule has 0 saturated carbocycles. The summed E-state index contributed by atoms with van der Waals surface area (Å²) >= 11 is 0. The lowest BCUT2D eigenvalue weighted by atomic mass is 10.0. The highest BCUT2D eigenvalue weighted by Crippen LogP contribution is 2.20. The molecule has 1 N–H and O–H groups in total. The number of amides is 1. The highest BCUT2D eigenvalue weighted by atomic mass is 19.4. The van der Waals surface area contributed by atoms with E-state index in [1.165, 1.54) is 28.8 Å². The van der Waals surface area contributed by atoms with Gasteiger partial charge in [-0.25, -0.2) is 13.8 Å². The predicted octanol–water partition coefficient (Wildman–Crippen LogP) is 3.34. The average Bonchev–Trinajstić information content (AvgIpc) is 2.97. The van der Waals surface area contributed by atoms with Crippen LogP contribution in [0.4, 0.5) is 27.8 Å². The standard InChI is InChI=1S/C16H8F5N3O2/c17-10-3-1-2-9(13(10)18)14(25)8-4-5-12-22-11(7-24(12)6-8)23-15(26)16(19,20)21/h1-7H,(H,23,26). The first-order valence-electron chi connectivity index (χ1n) is 7.02. The van der Waals surface area contributed by atoms with E-state index in [1.807, 2.05) is 0 Å². The van der Waals surface area contributed by atoms with Crippen LogP contribution < -0.4 is 5.32 Å². The number of benzene rings is 1. The maximum atomic E-state index is 13.7. The molecule has 0 saturated heterocycles. The predicted molar refractivity (Wildman–Crippen MR) is 79.7 cm³/mol. The first-order chi connectivity index (χ1) is 12.2. The second-order valence-electron chi connectivity index (χ2n) is 5.19. The molecule has 0 aliphatic carbocycles. The monoisotopic (exact) mass is 369 g/mol. The Hall–Kier alpha value is -3.30. The van der Waals surface area contributed by atoms with Crippen LogP contribution in [0.1, 0.15) is 15.9 Å². The van der Waals surface area contributed by atoms with Crippen LogP contribution in [0.2, 0.25) is 0 Å². The molecule has 0 radical (unpaired) electrons. The number of nitrogens with zero attached hydrogens (tertiary/aromatic N) is 2. The molecule has 26 heavy (non-hydrogen) atoms. The topological polar surface area (TPSA) is 63.5 Å². The minimum atomic E-state index is -5.08. The zero-order valence-electron chi connectivity index (χ0n) is 12.6. The van der Waals surface area contributed by atoms with Crippen LogP contribution in [0, 0.1) is 11.6 Å². The number of nitrogens with one attached hydrogen (secondary N) is 1. The second-order valence-corrected chi connectivity index (χ2v) is 5.19. The largest absolute Gasteiger partial charge is 0.471 e. The summed E-state index contributed by atoms with van der Waals surface area (Å²) in [5.41, 5.74) is -0.401. The van der Waals surface area contributed by atoms with Gasteiger partial charge >= 0.3 is 12.1 Å². The summed E-state index contributed by atoms with van der Waals surface area (Å²) in [7, 11) is 0. The van der Waals surface area contributed by atoms with Crippen LogP contribution in [0.5, 0.6) is 0 Å². The average molecular weight is 369 g/mol. The Bertz CT molecular complexity index is 1030. The number of carbonyl (C=O) groups excluding carboxylic acids is 2. The van der Waals surface area contributed by atoms with Gasteiger partial charge in [0.05, 0.1) is 11.8 Å². The molecule has 10 heteroatoms. The van der Waals surface area contributed by atoms with E-state index in [2.05, 4.69) is 4.98 Å². The van der Waals surface area contributed by atoms with Gasteiger partial charge in [0.25, 0.3) is 0 Å². The Morgan fingerprint density at radius 3 is 2.46 bits per heavy atom. The van der Waals surface area contributed by atoms with Gasteiger partial charge in [-0.2, -0.15) is 13.2 Å². The van der Waals surface area contributed by atoms with Gasteiger partial charge in [-0.1, -0.05) is 6.07 Å². The van der Waals surface area contributed by atoms with E-state index in [1.54, 1.807) is 5.32 Å². The molecule has 0 fully saturated rings. The number of ketones is 1. The molecule has 0 spiro atoms. The molecule has 2 aromatic heterocycles. The second kappa shape index (κ2) is 6.21. The van der Waals surface area contributed by atoms with Crippen molar-refractivity contribution in [2.24, 2.45) is 0 Å². The zero-order valence-corrected chi connectivity index (χ0v) is 12.6. The molecule has 0 aliphatic rings. The molecule has 1 amide bonds. The molecule has 5 nitrogen and oxygen atoms in total. The summed E-state index contributed by atoms with van der Waals surface area (Å²) in [6.45, 7) is 0. The molecule has 2 heterocycles. The smallest absolute Gasteiger partial charge is 0.304 e. The minimum absolute atomic E-state index is 0.0481. The summed E-state index contributed by atoms with van der Waals surface area (Å²) < 4.78 is 65.0. The van der Waals surface area contributed by atoms with Crippen molar-refractivity contribution in [1.82, 2.24) is 9.38 Å². The van der Waals surface area contributed by atoms with Crippen LogP contribution in [-0.2, 0) is 4.79 Å². The SMILES string of the molecule is O=C(c1ccc2nc(NC(=O)C(F)(F)F)cn2c1)c1cccc(F)c1F. The first-order valence-corrected chi connectivity index (χ1v) is 7.02. The van der Waals surface area contributed by atoms with E-state index in [0.29, 0.717) is 0 Å². The maximum absolute atomic E-state index is 13.7. The van der Waals surface area contributed by atoms with Crippen molar-refractivity contribution >= 4 is 23.2 Å². The van der Waals surface area contributed by atoms with Gasteiger partial charge in [-0.05, 0) is 24.3 Å². The van der Waals surface area contributed by atoms with Crippen molar-refractivity contribution in [2.75, 3.05) is 5.32 Å². The van der Waals surface area contributed by atoms with Crippen molar-refractivity contribution in [1.29, 1.82) is 0 Å². The van der Waals surface area contributed by atoms with Gasteiger partial charge in [0.1, 0.15) is 5.65 Å². The van der Waals surface area contributed by atoms with E-state index in [0.717, 1.165) is 18.3 Å². The number of hydrogen-bond donors (Lipinski definition) is 1. The maximum Gasteiger partial charge on any atom is 0.471 e. The fourth-order valence-electron chi connectivity index (χ4n) is 2.21. The van der Waals surface area contributed by atoms with Crippen LogP contribution in [0.25, 0.3) is 5.65 Å². The number of aromatic nitrogens is 2. The fourth-order valence-corrected chi connectivity index (χ4v) is 2.21. The van der Waals surface area contributed by atoms with Gasteiger partial charge in [-0.3, -0.25) is 9.59 Å². The molecule has 3 rings (SSSR count). The van der Waals surface area contributed by atoms with Gasteiger partial charge < -0.3 is 9.72 Å². The number of imidazole rings is 1. The molecule has 134 valence electrons. The van der Waals surface area contributed by atoms with Gasteiger partial charge in [0.15, 0.2) is 23.2 Å². The Labute approximate surface area is 142 Å². The number of halogens is 5. The van der Waals surface area contributed by atoms with Crippen LogP contribution >= 0.6 is 0 Å². The lowest BCUT2D eigenvalue weighted by molar-refractivity contribution is -0.167. The number of carbonyl (C=O) groups is 2. The third kappa shape index (κ3) is 3.25. The Morgan fingerprint density at radius 2 is 1.77 bits per heavy atom.